The average Bonchev–Trinajstić information content (AvgIpc) is 2.68. The van der Waals surface area contributed by atoms with Crippen molar-refractivity contribution in [3.63, 3.8) is 0 Å². The van der Waals surface area contributed by atoms with Crippen molar-refractivity contribution in [2.75, 3.05) is 7.05 Å². The van der Waals surface area contributed by atoms with Gasteiger partial charge in [0.1, 0.15) is 0 Å². The quantitative estimate of drug-likeness (QED) is 0.776. The zero-order valence-electron chi connectivity index (χ0n) is 10.4. The second-order valence-corrected chi connectivity index (χ2v) is 4.04. The summed E-state index contributed by atoms with van der Waals surface area (Å²) in [5.74, 6) is 0. The third-order valence-electron chi connectivity index (χ3n) is 2.91. The molecule has 1 rings (SSSR count). The van der Waals surface area contributed by atoms with Gasteiger partial charge in [-0.25, -0.2) is 0 Å². The fourth-order valence-corrected chi connectivity index (χ4v) is 1.63. The van der Waals surface area contributed by atoms with Gasteiger partial charge in [-0.15, -0.1) is 0 Å². The van der Waals surface area contributed by atoms with Gasteiger partial charge >= 0.3 is 0 Å². The Balaban J connectivity index is 2.62. The molecule has 0 aliphatic heterocycles. The molecule has 3 nitrogen and oxygen atoms in total. The van der Waals surface area contributed by atoms with Gasteiger partial charge in [0.2, 0.25) is 0 Å². The van der Waals surface area contributed by atoms with Crippen molar-refractivity contribution in [3.05, 3.63) is 17.5 Å². The lowest BCUT2D eigenvalue weighted by Gasteiger charge is -2.11. The second-order valence-electron chi connectivity index (χ2n) is 4.04. The molecule has 0 saturated heterocycles. The summed E-state index contributed by atoms with van der Waals surface area (Å²) in [4.78, 5) is 0. The molecule has 1 aromatic rings. The third-order valence-corrected chi connectivity index (χ3v) is 2.91. The summed E-state index contributed by atoms with van der Waals surface area (Å²) in [5, 5.41) is 7.85. The summed E-state index contributed by atoms with van der Waals surface area (Å²) in [6.07, 6.45) is 3.23. The predicted octanol–water partition coefficient (Wildman–Crippen LogP) is 2.01. The van der Waals surface area contributed by atoms with E-state index < -0.39 is 0 Å². The second kappa shape index (κ2) is 5.91. The number of hydrogen-bond acceptors (Lipinski definition) is 2. The van der Waals surface area contributed by atoms with Crippen LogP contribution in [0, 0.1) is 0 Å². The van der Waals surface area contributed by atoms with E-state index in [0.717, 1.165) is 25.8 Å². The van der Waals surface area contributed by atoms with Crippen LogP contribution in [0.4, 0.5) is 0 Å². The van der Waals surface area contributed by atoms with Crippen molar-refractivity contribution in [3.8, 4) is 0 Å². The highest BCUT2D eigenvalue weighted by Gasteiger charge is 2.06. The Bertz CT molecular complexity index is 291. The molecule has 0 aliphatic rings. The molecule has 1 N–H and O–H groups in total. The molecule has 0 aromatic carbocycles. The molecule has 0 spiro atoms. The van der Waals surface area contributed by atoms with E-state index in [9.17, 15) is 0 Å². The Hall–Kier alpha value is -0.830. The van der Waals surface area contributed by atoms with Crippen LogP contribution >= 0.6 is 0 Å². The number of hydrogen-bond donors (Lipinski definition) is 1. The average molecular weight is 209 g/mol. The van der Waals surface area contributed by atoms with Crippen LogP contribution in [0.5, 0.6) is 0 Å². The number of nitrogens with one attached hydrogen (secondary N) is 1. The SMILES string of the molecule is CCc1cc(CC)n(CCC(C)NC)n1. The molecular formula is C12H23N3. The first-order valence-corrected chi connectivity index (χ1v) is 5.94. The van der Waals surface area contributed by atoms with Crippen LogP contribution < -0.4 is 5.32 Å². The summed E-state index contributed by atoms with van der Waals surface area (Å²) in [6.45, 7) is 7.57. The lowest BCUT2D eigenvalue weighted by atomic mass is 10.2. The van der Waals surface area contributed by atoms with Crippen molar-refractivity contribution < 1.29 is 0 Å². The van der Waals surface area contributed by atoms with Crippen LogP contribution in [-0.4, -0.2) is 22.9 Å². The normalized spacial score (nSPS) is 13.1. The maximum absolute atomic E-state index is 4.59. The fraction of sp³-hybridized carbons (Fsp3) is 0.750. The highest BCUT2D eigenvalue weighted by atomic mass is 15.3. The number of nitrogens with zero attached hydrogens (tertiary/aromatic N) is 2. The summed E-state index contributed by atoms with van der Waals surface area (Å²) >= 11 is 0. The third kappa shape index (κ3) is 3.34. The Morgan fingerprint density at radius 3 is 2.67 bits per heavy atom. The van der Waals surface area contributed by atoms with E-state index in [1.54, 1.807) is 0 Å². The minimum atomic E-state index is 0.559. The first-order chi connectivity index (χ1) is 7.21. The van der Waals surface area contributed by atoms with Crippen LogP contribution in [0.2, 0.25) is 0 Å². The van der Waals surface area contributed by atoms with Crippen molar-refractivity contribution >= 4 is 0 Å². The molecule has 1 aromatic heterocycles. The van der Waals surface area contributed by atoms with Gasteiger partial charge in [-0.1, -0.05) is 13.8 Å². The molecule has 1 unspecified atom stereocenters. The largest absolute Gasteiger partial charge is 0.317 e. The molecule has 1 heterocycles. The predicted molar refractivity (Wildman–Crippen MR) is 64.1 cm³/mol. The Kier molecular flexibility index (Phi) is 4.82. The molecule has 15 heavy (non-hydrogen) atoms. The maximum Gasteiger partial charge on any atom is 0.0624 e. The van der Waals surface area contributed by atoms with E-state index in [-0.39, 0.29) is 0 Å². The summed E-state index contributed by atoms with van der Waals surface area (Å²) in [5.41, 5.74) is 2.57. The lowest BCUT2D eigenvalue weighted by molar-refractivity contribution is 0.474. The number of rotatable bonds is 6. The first kappa shape index (κ1) is 12.2. The smallest absolute Gasteiger partial charge is 0.0624 e. The van der Waals surface area contributed by atoms with Gasteiger partial charge in [0.15, 0.2) is 0 Å². The molecule has 0 bridgehead atoms. The lowest BCUT2D eigenvalue weighted by Crippen LogP contribution is -2.23. The topological polar surface area (TPSA) is 29.9 Å². The van der Waals surface area contributed by atoms with Gasteiger partial charge in [0.25, 0.3) is 0 Å². The Morgan fingerprint density at radius 2 is 2.13 bits per heavy atom. The molecule has 0 saturated carbocycles. The van der Waals surface area contributed by atoms with Gasteiger partial charge in [0, 0.05) is 18.3 Å². The minimum absolute atomic E-state index is 0.559. The maximum atomic E-state index is 4.59. The van der Waals surface area contributed by atoms with Crippen LogP contribution in [0.25, 0.3) is 0 Å². The molecule has 0 amide bonds. The van der Waals surface area contributed by atoms with E-state index in [0.29, 0.717) is 6.04 Å². The van der Waals surface area contributed by atoms with E-state index in [2.05, 4.69) is 41.9 Å². The molecule has 0 aliphatic carbocycles. The van der Waals surface area contributed by atoms with Crippen molar-refractivity contribution in [2.45, 2.75) is 52.6 Å². The van der Waals surface area contributed by atoms with Gasteiger partial charge < -0.3 is 5.32 Å². The van der Waals surface area contributed by atoms with Crippen LogP contribution in [-0.2, 0) is 19.4 Å². The van der Waals surface area contributed by atoms with Crippen molar-refractivity contribution in [2.24, 2.45) is 0 Å². The zero-order chi connectivity index (χ0) is 11.3. The van der Waals surface area contributed by atoms with Gasteiger partial charge in [-0.2, -0.15) is 5.10 Å². The number of aryl methyl sites for hydroxylation is 3. The van der Waals surface area contributed by atoms with E-state index in [4.69, 9.17) is 0 Å². The molecule has 0 radical (unpaired) electrons. The standard InChI is InChI=1S/C12H23N3/c1-5-11-9-12(6-2)15(14-11)8-7-10(3)13-4/h9-10,13H,5-8H2,1-4H3. The minimum Gasteiger partial charge on any atom is -0.317 e. The van der Waals surface area contributed by atoms with Crippen molar-refractivity contribution in [1.82, 2.24) is 15.1 Å². The van der Waals surface area contributed by atoms with Gasteiger partial charge in [-0.05, 0) is 39.3 Å². The zero-order valence-corrected chi connectivity index (χ0v) is 10.4. The molecule has 1 atom stereocenters. The molecule has 86 valence electrons. The molecular weight excluding hydrogens is 186 g/mol. The van der Waals surface area contributed by atoms with Gasteiger partial charge in [-0.3, -0.25) is 4.68 Å². The van der Waals surface area contributed by atoms with Crippen LogP contribution in [0.15, 0.2) is 6.07 Å². The van der Waals surface area contributed by atoms with Crippen LogP contribution in [0.1, 0.15) is 38.6 Å². The summed E-state index contributed by atoms with van der Waals surface area (Å²) < 4.78 is 2.16. The van der Waals surface area contributed by atoms with E-state index in [1.807, 2.05) is 7.05 Å². The fourth-order valence-electron chi connectivity index (χ4n) is 1.63. The Morgan fingerprint density at radius 1 is 1.40 bits per heavy atom. The van der Waals surface area contributed by atoms with E-state index >= 15 is 0 Å². The Labute approximate surface area is 92.9 Å². The highest BCUT2D eigenvalue weighted by Crippen LogP contribution is 2.07. The summed E-state index contributed by atoms with van der Waals surface area (Å²) in [6, 6.07) is 2.79. The number of aromatic nitrogens is 2. The first-order valence-electron chi connectivity index (χ1n) is 5.94. The molecule has 3 heteroatoms. The summed E-state index contributed by atoms with van der Waals surface area (Å²) in [7, 11) is 2.01. The monoisotopic (exact) mass is 209 g/mol. The molecule has 0 fully saturated rings. The van der Waals surface area contributed by atoms with Crippen molar-refractivity contribution in [1.29, 1.82) is 0 Å². The van der Waals surface area contributed by atoms with Gasteiger partial charge in [0.05, 0.1) is 5.69 Å². The van der Waals surface area contributed by atoms with E-state index in [1.165, 1.54) is 11.4 Å². The highest BCUT2D eigenvalue weighted by molar-refractivity contribution is 5.10. The van der Waals surface area contributed by atoms with Crippen LogP contribution in [0.3, 0.4) is 0 Å².